The lowest BCUT2D eigenvalue weighted by molar-refractivity contribution is -0.168. The van der Waals surface area contributed by atoms with Gasteiger partial charge in [-0.15, -0.1) is 0 Å². The Hall–Kier alpha value is -8.03. The minimum atomic E-state index is -2.44. The van der Waals surface area contributed by atoms with Gasteiger partial charge in [-0.05, 0) is 76.2 Å². The van der Waals surface area contributed by atoms with Crippen LogP contribution in [0.25, 0.3) is 0 Å². The number of nitrogens with one attached hydrogen (secondary N) is 3. The van der Waals surface area contributed by atoms with Crippen molar-refractivity contribution in [2.45, 2.75) is 240 Å². The average Bonchev–Trinajstić information content (AvgIpc) is 1.55. The maximum absolute atomic E-state index is 15.5. The van der Waals surface area contributed by atoms with E-state index in [1.807, 2.05) is 0 Å². The van der Waals surface area contributed by atoms with Crippen molar-refractivity contribution >= 4 is 82.5 Å². The van der Waals surface area contributed by atoms with Crippen LogP contribution in [0.15, 0.2) is 24.3 Å². The van der Waals surface area contributed by atoms with Crippen molar-refractivity contribution in [3.8, 4) is 0 Å². The number of rotatable bonds is 14. The van der Waals surface area contributed by atoms with Gasteiger partial charge in [0.15, 0.2) is 0 Å². The maximum Gasteiger partial charge on any atom is 0.308 e. The van der Waals surface area contributed by atoms with E-state index in [9.17, 15) is 39.6 Å². The Balaban J connectivity index is 2.00. The summed E-state index contributed by atoms with van der Waals surface area (Å²) < 4.78 is 5.70. The first-order valence-corrected chi connectivity index (χ1v) is 36.4. The van der Waals surface area contributed by atoms with Crippen LogP contribution in [0.2, 0.25) is 0 Å². The van der Waals surface area contributed by atoms with E-state index in [1.165, 1.54) is 101 Å². The second kappa shape index (κ2) is 35.6. The summed E-state index contributed by atoms with van der Waals surface area (Å²) in [5.41, 5.74) is -4.74. The van der Waals surface area contributed by atoms with Gasteiger partial charge in [0, 0.05) is 87.0 Å². The third-order valence-corrected chi connectivity index (χ3v) is 21.3. The highest BCUT2D eigenvalue weighted by molar-refractivity contribution is 6.00. The van der Waals surface area contributed by atoms with Crippen LogP contribution in [0.3, 0.4) is 0 Å². The van der Waals surface area contributed by atoms with Crippen LogP contribution in [0.1, 0.15) is 156 Å². The molecule has 2 fully saturated rings. The minimum Gasteiger partial charge on any atom is -0.462 e. The summed E-state index contributed by atoms with van der Waals surface area (Å²) >= 11 is 0. The highest BCUT2D eigenvalue weighted by atomic mass is 16.5. The van der Waals surface area contributed by atoms with Gasteiger partial charge in [-0.2, -0.15) is 0 Å². The number of hydrogen-bond donors (Lipinski definition) is 7. The third kappa shape index (κ3) is 19.8. The van der Waals surface area contributed by atoms with Crippen LogP contribution in [-0.2, 0) is 72.7 Å². The fraction of sp³-hybridized carbons (Fsp3) is 0.743. The number of benzene rings is 1. The minimum absolute atomic E-state index is 0.295. The molecule has 4 rings (SSSR count). The quantitative estimate of drug-likeness (QED) is 0.128. The number of carbonyl (C=O) groups excluding carboxylic acids is 13. The number of amides is 12. The normalized spacial score (nSPS) is 28.2. The van der Waals surface area contributed by atoms with E-state index < -0.39 is 227 Å². The summed E-state index contributed by atoms with van der Waals surface area (Å²) in [4.78, 5) is 205. The molecule has 0 radical (unpaired) electrons. The second-order valence-electron chi connectivity index (χ2n) is 32.0. The Morgan fingerprint density at radius 1 is 0.514 bits per heavy atom. The molecule has 7 N–H and O–H groups in total. The molecule has 31 nitrogen and oxygen atoms in total. The van der Waals surface area contributed by atoms with Crippen molar-refractivity contribution in [3.63, 3.8) is 0 Å². The molecule has 16 atom stereocenters. The van der Waals surface area contributed by atoms with Crippen LogP contribution in [0, 0.1) is 41.4 Å². The molecule has 31 heteroatoms. The molecule has 0 saturated carbocycles. The number of para-hydroxylation sites is 1. The van der Waals surface area contributed by atoms with E-state index in [0.717, 1.165) is 48.4 Å². The van der Waals surface area contributed by atoms with Crippen molar-refractivity contribution in [3.05, 3.63) is 29.8 Å². The molecular formula is C74H123N13O18. The monoisotopic (exact) mass is 1480 g/mol. The summed E-state index contributed by atoms with van der Waals surface area (Å²) in [7, 11) is 11.5. The van der Waals surface area contributed by atoms with Crippen LogP contribution in [0.5, 0.6) is 0 Å². The first-order chi connectivity index (χ1) is 48.2. The third-order valence-electron chi connectivity index (χ3n) is 21.3. The summed E-state index contributed by atoms with van der Waals surface area (Å²) in [5, 5.41) is 55.8. The predicted molar refractivity (Wildman–Crippen MR) is 390 cm³/mol. The Morgan fingerprint density at radius 3 is 1.45 bits per heavy atom. The summed E-state index contributed by atoms with van der Waals surface area (Å²) in [6.07, 6.45) is -5.24. The first kappa shape index (κ1) is 89.4. The van der Waals surface area contributed by atoms with Gasteiger partial charge in [0.25, 0.3) is 5.91 Å². The molecule has 0 aliphatic carbocycles. The van der Waals surface area contributed by atoms with Crippen molar-refractivity contribution in [1.82, 2.24) is 59.6 Å². The largest absolute Gasteiger partial charge is 0.462 e. The first-order valence-electron chi connectivity index (χ1n) is 36.4. The Morgan fingerprint density at radius 2 is 0.952 bits per heavy atom. The molecule has 105 heavy (non-hydrogen) atoms. The molecule has 3 aliphatic rings. The van der Waals surface area contributed by atoms with Gasteiger partial charge in [0.1, 0.15) is 72.2 Å². The molecule has 1 unspecified atom stereocenters. The number of ether oxygens (including phenoxy) is 1. The molecule has 12 amide bonds. The average molecular weight is 1480 g/mol. The van der Waals surface area contributed by atoms with Crippen LogP contribution < -0.4 is 16.0 Å². The highest BCUT2D eigenvalue weighted by Gasteiger charge is 2.61. The summed E-state index contributed by atoms with van der Waals surface area (Å²) in [5.74, 6) is -16.6. The molecule has 1 aromatic rings. The smallest absolute Gasteiger partial charge is 0.308 e. The number of carbonyl (C=O) groups is 13. The van der Waals surface area contributed by atoms with E-state index >= 15 is 43.2 Å². The number of hydrogen-bond acceptors (Lipinski definition) is 19. The highest BCUT2D eigenvalue weighted by Crippen LogP contribution is 2.50. The standard InChI is InChI=1S/C74H123N13O18/c1-28-42(11)53-64(95)82(23)56(41(9)10)67(98)83(24)55(40(7)8)65(96)78(19)36-49(88)80(21)59(73(17,18)103)69(100)85(26)58(44(13)45(14)105-51(90)35-72(15,16)102)68(99)86(27)70(101)61(92)76-52(38(3)4)63(94)84(25)57(43(12)29-2)66(97)79(20)37-50(89)87-48(62(93)81(22)54(39(5)6)60(91)77-53)34-74(104)46-32-30-31-33-47(46)75-71(74)87/h30-33,38-45,48,52-59,70-71,75,101-104H,28-29,34-37H2,1-27H3,(H,76,92)(H,77,91)/t42-,43-,44-,45-,48-,52?,53-,54-,55-,56-,57-,58-,59+,70+,71-,74+/m0/s1. The zero-order chi connectivity index (χ0) is 80.8. The van der Waals surface area contributed by atoms with Gasteiger partial charge in [-0.25, -0.2) is 0 Å². The zero-order valence-electron chi connectivity index (χ0n) is 67.0. The molecular weight excluding hydrogens is 1360 g/mol. The molecule has 2 saturated heterocycles. The fourth-order valence-electron chi connectivity index (χ4n) is 14.7. The lowest BCUT2D eigenvalue weighted by Crippen LogP contribution is -2.65. The SMILES string of the molecule is CC[C@H](C)[C@@H]1NC(=O)[C@H](C(C)C)N(C)C(=O)[C@@H]2C[C@@]3(O)c4ccccc4N[C@H]3N2C(=O)CN(C)C(=O)[C@H]([C@@H](C)CC)N(C)C(=O)C(C(C)C)NC(=O)[C@@H](O)N(C)C(=O)[C@H]([C@@H](C)[C@H](C)OC(=O)CC(C)(C)O)N(C)C(=O)[C@H](C(C)(C)O)N(C)C(=O)CN(C)C(=O)[C@H](C(C)C)N(C)C(=O)[C@H](C(C)C)N(C)C1=O. The second-order valence-corrected chi connectivity index (χ2v) is 32.0. The molecule has 1 aromatic carbocycles. The van der Waals surface area contributed by atoms with E-state index in [1.54, 1.807) is 107 Å². The van der Waals surface area contributed by atoms with Gasteiger partial charge >= 0.3 is 5.97 Å². The van der Waals surface area contributed by atoms with E-state index in [-0.39, 0.29) is 6.42 Å². The van der Waals surface area contributed by atoms with Gasteiger partial charge in [-0.3, -0.25) is 62.3 Å². The number of anilines is 1. The predicted octanol–water partition coefficient (Wildman–Crippen LogP) is 1.08. The molecule has 3 heterocycles. The number of nitrogens with zero attached hydrogens (tertiary/aromatic N) is 10. The Labute approximate surface area is 620 Å². The van der Waals surface area contributed by atoms with Crippen molar-refractivity contribution < 1.29 is 87.5 Å². The van der Waals surface area contributed by atoms with Gasteiger partial charge in [0.2, 0.25) is 71.2 Å². The summed E-state index contributed by atoms with van der Waals surface area (Å²) in [6, 6.07) is -6.51. The lowest BCUT2D eigenvalue weighted by Gasteiger charge is -2.43. The number of esters is 1. The fourth-order valence-corrected chi connectivity index (χ4v) is 14.7. The van der Waals surface area contributed by atoms with E-state index in [2.05, 4.69) is 16.0 Å². The van der Waals surface area contributed by atoms with Crippen LogP contribution in [0.4, 0.5) is 5.69 Å². The van der Waals surface area contributed by atoms with Crippen molar-refractivity contribution in [2.75, 3.05) is 81.8 Å². The number of aliphatic hydroxyl groups is 4. The molecule has 0 spiro atoms. The van der Waals surface area contributed by atoms with Crippen LogP contribution in [-0.4, -0.2) is 307 Å². The van der Waals surface area contributed by atoms with Gasteiger partial charge in [0.05, 0.1) is 30.7 Å². The van der Waals surface area contributed by atoms with Crippen molar-refractivity contribution in [1.29, 1.82) is 0 Å². The Kier molecular flexibility index (Phi) is 30.3. The molecule has 0 bridgehead atoms. The van der Waals surface area contributed by atoms with Gasteiger partial charge < -0.3 is 90.1 Å². The number of aliphatic hydroxyl groups excluding tert-OH is 1. The lowest BCUT2D eigenvalue weighted by atomic mass is 9.90. The van der Waals surface area contributed by atoms with Crippen LogP contribution >= 0.6 is 0 Å². The van der Waals surface area contributed by atoms with E-state index in [0.29, 0.717) is 29.0 Å². The van der Waals surface area contributed by atoms with Crippen molar-refractivity contribution in [2.24, 2.45) is 41.4 Å². The maximum atomic E-state index is 15.5. The number of likely N-dealkylation sites (N-methyl/N-ethyl adjacent to an activating group) is 9. The Bertz CT molecular complexity index is 3350. The zero-order valence-corrected chi connectivity index (χ0v) is 67.0. The molecule has 592 valence electrons. The van der Waals surface area contributed by atoms with E-state index in [4.69, 9.17) is 4.74 Å². The van der Waals surface area contributed by atoms with Gasteiger partial charge in [-0.1, -0.05) is 121 Å². The molecule has 3 aliphatic heterocycles. The summed E-state index contributed by atoms with van der Waals surface area (Å²) in [6.45, 7) is 26.7. The topological polar surface area (TPSA) is 381 Å². The molecule has 0 aromatic heterocycles. The number of fused-ring (bicyclic) bond motifs is 5.